The van der Waals surface area contributed by atoms with E-state index in [-0.39, 0.29) is 0 Å². The summed E-state index contributed by atoms with van der Waals surface area (Å²) in [6.07, 6.45) is 0. The largest absolute Gasteiger partial charge is 0.417 e. The van der Waals surface area contributed by atoms with Crippen molar-refractivity contribution in [3.8, 4) is 0 Å². The number of rotatable bonds is 7. The molecule has 0 radical (unpaired) electrons. The van der Waals surface area contributed by atoms with Crippen LogP contribution in [0.25, 0.3) is 0 Å². The molecule has 0 spiro atoms. The first-order chi connectivity index (χ1) is 8.06. The lowest BCUT2D eigenvalue weighted by Crippen LogP contribution is -2.69. The van der Waals surface area contributed by atoms with E-state index in [0.29, 0.717) is 5.04 Å². The molecule has 0 aliphatic rings. The summed E-state index contributed by atoms with van der Waals surface area (Å²) in [6, 6.07) is 0. The minimum atomic E-state index is -2.23. The number of nitrogens with zero attached hydrogens (tertiary/aromatic N) is 1. The molecule has 0 rings (SSSR count). The molecule has 0 fully saturated rings. The maximum Gasteiger partial charge on any atom is 0.417 e. The van der Waals surface area contributed by atoms with Gasteiger partial charge in [0.25, 0.3) is 0 Å². The predicted octanol–water partition coefficient (Wildman–Crippen LogP) is 3.96. The van der Waals surface area contributed by atoms with Crippen molar-refractivity contribution in [3.63, 3.8) is 0 Å². The highest BCUT2D eigenvalue weighted by Crippen LogP contribution is 2.40. The summed E-state index contributed by atoms with van der Waals surface area (Å²) in [5.74, 6) is 0. The molecular formula is C13H33NO2Si2. The summed E-state index contributed by atoms with van der Waals surface area (Å²) < 4.78 is 14.8. The Morgan fingerprint density at radius 3 is 1.50 bits per heavy atom. The fraction of sp³-hybridized carbons (Fsp3) is 1.00. The third kappa shape index (κ3) is 3.90. The molecule has 3 nitrogen and oxygen atoms in total. The van der Waals surface area contributed by atoms with E-state index in [0.717, 1.165) is 19.8 Å². The minimum Gasteiger partial charge on any atom is -0.383 e. The van der Waals surface area contributed by atoms with E-state index in [1.807, 2.05) is 0 Å². The van der Waals surface area contributed by atoms with Crippen LogP contribution in [0.4, 0.5) is 0 Å². The lowest BCUT2D eigenvalue weighted by atomic mass is 10.2. The molecule has 0 saturated heterocycles. The van der Waals surface area contributed by atoms with Gasteiger partial charge in [0.1, 0.15) is 8.24 Å². The monoisotopic (exact) mass is 291 g/mol. The average molecular weight is 292 g/mol. The SMILES string of the molecule is CCO[Si](C)(OCC)N(CC)[Si](C)(C)C(C)(C)C. The normalized spacial score (nSPS) is 14.3. The highest BCUT2D eigenvalue weighted by Gasteiger charge is 2.51. The predicted molar refractivity (Wildman–Crippen MR) is 84.4 cm³/mol. The first-order valence-electron chi connectivity index (χ1n) is 7.12. The highest BCUT2D eigenvalue weighted by molar-refractivity contribution is 6.88. The molecule has 0 N–H and O–H groups in total. The van der Waals surface area contributed by atoms with Crippen molar-refractivity contribution in [1.82, 2.24) is 4.23 Å². The minimum absolute atomic E-state index is 0.311. The molecule has 0 atom stereocenters. The zero-order valence-corrected chi connectivity index (χ0v) is 15.9. The van der Waals surface area contributed by atoms with Gasteiger partial charge in [-0.05, 0) is 32.0 Å². The van der Waals surface area contributed by atoms with Crippen molar-refractivity contribution in [2.24, 2.45) is 0 Å². The number of hydrogen-bond acceptors (Lipinski definition) is 3. The lowest BCUT2D eigenvalue weighted by molar-refractivity contribution is 0.151. The van der Waals surface area contributed by atoms with Gasteiger partial charge in [-0.1, -0.05) is 40.8 Å². The summed E-state index contributed by atoms with van der Waals surface area (Å²) in [5, 5.41) is 0.311. The Balaban J connectivity index is 5.37. The molecule has 0 aromatic carbocycles. The molecule has 0 saturated carbocycles. The smallest absolute Gasteiger partial charge is 0.383 e. The van der Waals surface area contributed by atoms with E-state index < -0.39 is 17.0 Å². The zero-order chi connectivity index (χ0) is 14.6. The molecule has 0 heterocycles. The fourth-order valence-electron chi connectivity index (χ4n) is 2.33. The summed E-state index contributed by atoms with van der Waals surface area (Å²) in [4.78, 5) is 0. The Morgan fingerprint density at radius 1 is 0.889 bits per heavy atom. The van der Waals surface area contributed by atoms with Gasteiger partial charge in [0.2, 0.25) is 0 Å². The maximum absolute atomic E-state index is 6.08. The van der Waals surface area contributed by atoms with Gasteiger partial charge < -0.3 is 13.1 Å². The van der Waals surface area contributed by atoms with Crippen LogP contribution < -0.4 is 0 Å². The Kier molecular flexibility index (Phi) is 6.77. The second kappa shape index (κ2) is 6.65. The van der Waals surface area contributed by atoms with Crippen molar-refractivity contribution in [3.05, 3.63) is 0 Å². The van der Waals surface area contributed by atoms with E-state index in [4.69, 9.17) is 8.85 Å². The van der Waals surface area contributed by atoms with Crippen LogP contribution in [0.3, 0.4) is 0 Å². The summed E-state index contributed by atoms with van der Waals surface area (Å²) >= 11 is 0. The van der Waals surface area contributed by atoms with Crippen LogP contribution >= 0.6 is 0 Å². The van der Waals surface area contributed by atoms with E-state index >= 15 is 0 Å². The highest BCUT2D eigenvalue weighted by atomic mass is 28.4. The van der Waals surface area contributed by atoms with Crippen molar-refractivity contribution in [2.45, 2.75) is 66.2 Å². The zero-order valence-electron chi connectivity index (χ0n) is 13.9. The van der Waals surface area contributed by atoms with Gasteiger partial charge in [-0.25, -0.2) is 0 Å². The van der Waals surface area contributed by atoms with Gasteiger partial charge in [-0.2, -0.15) is 0 Å². The molecule has 5 heteroatoms. The van der Waals surface area contributed by atoms with Gasteiger partial charge in [0.05, 0.1) is 0 Å². The van der Waals surface area contributed by atoms with Crippen LogP contribution in [0.15, 0.2) is 0 Å². The van der Waals surface area contributed by atoms with Crippen molar-refractivity contribution < 1.29 is 8.85 Å². The van der Waals surface area contributed by atoms with Crippen LogP contribution in [0.2, 0.25) is 24.7 Å². The Bertz CT molecular complexity index is 246. The first kappa shape index (κ1) is 18.3. The van der Waals surface area contributed by atoms with Crippen LogP contribution in [0.5, 0.6) is 0 Å². The third-order valence-electron chi connectivity index (χ3n) is 4.14. The molecule has 0 aliphatic heterocycles. The van der Waals surface area contributed by atoms with Gasteiger partial charge in [-0.15, -0.1) is 0 Å². The third-order valence-corrected chi connectivity index (χ3v) is 15.3. The molecule has 0 aromatic rings. The van der Waals surface area contributed by atoms with Gasteiger partial charge >= 0.3 is 8.72 Å². The second-order valence-electron chi connectivity index (χ2n) is 6.32. The van der Waals surface area contributed by atoms with Crippen molar-refractivity contribution in [2.75, 3.05) is 19.8 Å². The molecule has 0 amide bonds. The first-order valence-corrected chi connectivity index (χ1v) is 12.3. The summed E-state index contributed by atoms with van der Waals surface area (Å²) in [5.41, 5.74) is 0. The van der Waals surface area contributed by atoms with Gasteiger partial charge in [0, 0.05) is 13.2 Å². The van der Waals surface area contributed by atoms with E-state index in [2.05, 4.69) is 65.4 Å². The summed E-state index contributed by atoms with van der Waals surface area (Å²) in [7, 11) is -3.83. The van der Waals surface area contributed by atoms with Crippen molar-refractivity contribution in [1.29, 1.82) is 0 Å². The Hall–Kier alpha value is 0.314. The molecule has 18 heavy (non-hydrogen) atoms. The summed E-state index contributed by atoms with van der Waals surface area (Å²) in [6.45, 7) is 22.9. The van der Waals surface area contributed by atoms with Crippen LogP contribution in [-0.2, 0) is 8.85 Å². The Labute approximate surface area is 116 Å². The van der Waals surface area contributed by atoms with Crippen molar-refractivity contribution >= 4 is 17.0 Å². The molecule has 110 valence electrons. The van der Waals surface area contributed by atoms with Gasteiger partial charge in [0.15, 0.2) is 0 Å². The molecule has 0 bridgehead atoms. The van der Waals surface area contributed by atoms with Crippen LogP contribution in [0, 0.1) is 0 Å². The second-order valence-corrected chi connectivity index (χ2v) is 14.8. The van der Waals surface area contributed by atoms with E-state index in [9.17, 15) is 0 Å². The molecule has 0 unspecified atom stereocenters. The quantitative estimate of drug-likeness (QED) is 0.663. The van der Waals surface area contributed by atoms with E-state index in [1.54, 1.807) is 0 Å². The topological polar surface area (TPSA) is 21.7 Å². The van der Waals surface area contributed by atoms with Gasteiger partial charge in [-0.3, -0.25) is 0 Å². The van der Waals surface area contributed by atoms with Crippen LogP contribution in [0.1, 0.15) is 41.5 Å². The van der Waals surface area contributed by atoms with E-state index in [1.165, 1.54) is 0 Å². The fourth-order valence-corrected chi connectivity index (χ4v) is 11.4. The standard InChI is InChI=1S/C13H33NO2Si2/c1-10-14(17(7,8)13(4,5)6)18(9,15-11-2)16-12-3/h10-12H2,1-9H3. The molecule has 0 aliphatic carbocycles. The molecule has 0 aromatic heterocycles. The number of hydrogen-bond donors (Lipinski definition) is 0. The van der Waals surface area contributed by atoms with Crippen LogP contribution in [-0.4, -0.2) is 40.9 Å². The Morgan fingerprint density at radius 2 is 1.28 bits per heavy atom. The average Bonchev–Trinajstić information content (AvgIpc) is 2.16. The maximum atomic E-state index is 6.08. The lowest BCUT2D eigenvalue weighted by Gasteiger charge is -2.51. The molecular weight excluding hydrogens is 258 g/mol.